The molecule has 78 valence electrons. The summed E-state index contributed by atoms with van der Waals surface area (Å²) in [5.41, 5.74) is 6.40. The van der Waals surface area contributed by atoms with Crippen molar-refractivity contribution in [1.82, 2.24) is 4.90 Å². The maximum absolute atomic E-state index is 6.23. The van der Waals surface area contributed by atoms with Gasteiger partial charge in [0, 0.05) is 11.6 Å². The lowest BCUT2D eigenvalue weighted by atomic mass is 9.85. The highest BCUT2D eigenvalue weighted by Crippen LogP contribution is 2.26. The summed E-state index contributed by atoms with van der Waals surface area (Å²) in [6.45, 7) is 11.4. The Morgan fingerprint density at radius 2 is 1.62 bits per heavy atom. The van der Waals surface area contributed by atoms with E-state index in [2.05, 4.69) is 32.6 Å². The van der Waals surface area contributed by atoms with E-state index in [1.165, 1.54) is 25.9 Å². The Bertz CT molecular complexity index is 153. The lowest BCUT2D eigenvalue weighted by Crippen LogP contribution is -2.57. The van der Waals surface area contributed by atoms with Crippen molar-refractivity contribution in [2.24, 2.45) is 11.7 Å². The minimum absolute atomic E-state index is 0.171. The third-order valence-corrected chi connectivity index (χ3v) is 3.46. The van der Waals surface area contributed by atoms with Gasteiger partial charge in [-0.1, -0.05) is 13.8 Å². The SMILES string of the molecule is CC(C)C(N)C(C)(C)N1CCCC1. The maximum Gasteiger partial charge on any atom is 0.0306 e. The number of nitrogens with zero attached hydrogens (tertiary/aromatic N) is 1. The van der Waals surface area contributed by atoms with E-state index in [4.69, 9.17) is 5.73 Å². The molecule has 1 unspecified atom stereocenters. The molecule has 0 saturated carbocycles. The van der Waals surface area contributed by atoms with Crippen LogP contribution in [-0.2, 0) is 0 Å². The largest absolute Gasteiger partial charge is 0.326 e. The zero-order valence-electron chi connectivity index (χ0n) is 9.51. The average Bonchev–Trinajstić information content (AvgIpc) is 2.54. The summed E-state index contributed by atoms with van der Waals surface area (Å²) in [4.78, 5) is 2.54. The van der Waals surface area contributed by atoms with E-state index in [-0.39, 0.29) is 11.6 Å². The molecular formula is C11H24N2. The van der Waals surface area contributed by atoms with Crippen molar-refractivity contribution in [2.45, 2.75) is 52.1 Å². The van der Waals surface area contributed by atoms with Crippen LogP contribution in [0.5, 0.6) is 0 Å². The van der Waals surface area contributed by atoms with Gasteiger partial charge in [-0.3, -0.25) is 4.90 Å². The monoisotopic (exact) mass is 184 g/mol. The highest BCUT2D eigenvalue weighted by Gasteiger charge is 2.35. The molecule has 1 aliphatic heterocycles. The lowest BCUT2D eigenvalue weighted by Gasteiger charge is -2.42. The number of rotatable bonds is 3. The minimum Gasteiger partial charge on any atom is -0.326 e. The Labute approximate surface area is 82.5 Å². The van der Waals surface area contributed by atoms with Gasteiger partial charge >= 0.3 is 0 Å². The summed E-state index contributed by atoms with van der Waals surface area (Å²) in [5, 5.41) is 0. The van der Waals surface area contributed by atoms with Crippen LogP contribution in [0, 0.1) is 5.92 Å². The zero-order chi connectivity index (χ0) is 10.1. The topological polar surface area (TPSA) is 29.3 Å². The van der Waals surface area contributed by atoms with Crippen molar-refractivity contribution in [2.75, 3.05) is 13.1 Å². The van der Waals surface area contributed by atoms with Crippen molar-refractivity contribution in [3.05, 3.63) is 0 Å². The van der Waals surface area contributed by atoms with Gasteiger partial charge in [0.1, 0.15) is 0 Å². The van der Waals surface area contributed by atoms with Gasteiger partial charge in [-0.05, 0) is 45.7 Å². The number of nitrogens with two attached hydrogens (primary N) is 1. The number of hydrogen-bond donors (Lipinski definition) is 1. The molecule has 0 aliphatic carbocycles. The van der Waals surface area contributed by atoms with Crippen LogP contribution in [-0.4, -0.2) is 29.6 Å². The summed E-state index contributed by atoms with van der Waals surface area (Å²) < 4.78 is 0. The van der Waals surface area contributed by atoms with E-state index in [1.54, 1.807) is 0 Å². The summed E-state index contributed by atoms with van der Waals surface area (Å²) in [6.07, 6.45) is 2.68. The van der Waals surface area contributed by atoms with E-state index < -0.39 is 0 Å². The fourth-order valence-electron chi connectivity index (χ4n) is 2.32. The van der Waals surface area contributed by atoms with Gasteiger partial charge in [0.05, 0.1) is 0 Å². The minimum atomic E-state index is 0.171. The van der Waals surface area contributed by atoms with Crippen LogP contribution in [0.1, 0.15) is 40.5 Å². The Morgan fingerprint density at radius 1 is 1.15 bits per heavy atom. The van der Waals surface area contributed by atoms with E-state index in [0.717, 1.165) is 0 Å². The van der Waals surface area contributed by atoms with Crippen LogP contribution >= 0.6 is 0 Å². The molecule has 1 saturated heterocycles. The van der Waals surface area contributed by atoms with Crippen molar-refractivity contribution < 1.29 is 0 Å². The molecular weight excluding hydrogens is 160 g/mol. The molecule has 0 bridgehead atoms. The van der Waals surface area contributed by atoms with E-state index >= 15 is 0 Å². The lowest BCUT2D eigenvalue weighted by molar-refractivity contribution is 0.104. The Morgan fingerprint density at radius 3 is 2.00 bits per heavy atom. The summed E-state index contributed by atoms with van der Waals surface area (Å²) >= 11 is 0. The molecule has 2 nitrogen and oxygen atoms in total. The van der Waals surface area contributed by atoms with E-state index in [1.807, 2.05) is 0 Å². The van der Waals surface area contributed by atoms with Crippen molar-refractivity contribution in [1.29, 1.82) is 0 Å². The summed E-state index contributed by atoms with van der Waals surface area (Å²) in [7, 11) is 0. The first-order chi connectivity index (χ1) is 5.96. The molecule has 1 aliphatic rings. The second kappa shape index (κ2) is 3.97. The van der Waals surface area contributed by atoms with Gasteiger partial charge in [0.15, 0.2) is 0 Å². The van der Waals surface area contributed by atoms with Crippen LogP contribution in [0.15, 0.2) is 0 Å². The standard InChI is InChI=1S/C11H24N2/c1-9(2)10(12)11(3,4)13-7-5-6-8-13/h9-10H,5-8,12H2,1-4H3. The average molecular weight is 184 g/mol. The Balaban J connectivity index is 2.62. The van der Waals surface area contributed by atoms with Gasteiger partial charge in [-0.15, -0.1) is 0 Å². The van der Waals surface area contributed by atoms with E-state index in [9.17, 15) is 0 Å². The molecule has 1 atom stereocenters. The normalized spacial score (nSPS) is 22.6. The molecule has 2 heteroatoms. The van der Waals surface area contributed by atoms with Gasteiger partial charge < -0.3 is 5.73 Å². The third-order valence-electron chi connectivity index (χ3n) is 3.46. The second-order valence-electron chi connectivity index (χ2n) is 5.12. The predicted octanol–water partition coefficient (Wildman–Crippen LogP) is 1.84. The predicted molar refractivity (Wildman–Crippen MR) is 57.7 cm³/mol. The third kappa shape index (κ3) is 2.23. The zero-order valence-corrected chi connectivity index (χ0v) is 9.51. The Hall–Kier alpha value is -0.0800. The quantitative estimate of drug-likeness (QED) is 0.725. The molecule has 0 radical (unpaired) electrons. The number of likely N-dealkylation sites (tertiary alicyclic amines) is 1. The molecule has 13 heavy (non-hydrogen) atoms. The molecule has 1 rings (SSSR count). The fourth-order valence-corrected chi connectivity index (χ4v) is 2.32. The van der Waals surface area contributed by atoms with Crippen molar-refractivity contribution in [3.63, 3.8) is 0 Å². The first-order valence-electron chi connectivity index (χ1n) is 5.47. The fraction of sp³-hybridized carbons (Fsp3) is 1.00. The van der Waals surface area contributed by atoms with Gasteiger partial charge in [-0.2, -0.15) is 0 Å². The highest BCUT2D eigenvalue weighted by molar-refractivity contribution is 4.94. The first-order valence-corrected chi connectivity index (χ1v) is 5.47. The molecule has 2 N–H and O–H groups in total. The highest BCUT2D eigenvalue weighted by atomic mass is 15.2. The summed E-state index contributed by atoms with van der Waals surface area (Å²) in [6, 6.07) is 0.283. The molecule has 0 amide bonds. The van der Waals surface area contributed by atoms with Crippen LogP contribution in [0.3, 0.4) is 0 Å². The molecule has 0 spiro atoms. The molecule has 1 fully saturated rings. The molecule has 0 aromatic carbocycles. The van der Waals surface area contributed by atoms with Crippen molar-refractivity contribution >= 4 is 0 Å². The van der Waals surface area contributed by atoms with Crippen LogP contribution in [0.4, 0.5) is 0 Å². The van der Waals surface area contributed by atoms with Crippen LogP contribution in [0.25, 0.3) is 0 Å². The van der Waals surface area contributed by atoms with Crippen LogP contribution < -0.4 is 5.73 Å². The Kier molecular flexibility index (Phi) is 3.36. The molecule has 0 aromatic heterocycles. The van der Waals surface area contributed by atoms with Gasteiger partial charge in [0.2, 0.25) is 0 Å². The van der Waals surface area contributed by atoms with Gasteiger partial charge in [-0.25, -0.2) is 0 Å². The van der Waals surface area contributed by atoms with Gasteiger partial charge in [0.25, 0.3) is 0 Å². The molecule has 1 heterocycles. The molecule has 0 aromatic rings. The first kappa shape index (κ1) is 11.0. The van der Waals surface area contributed by atoms with E-state index in [0.29, 0.717) is 5.92 Å². The second-order valence-corrected chi connectivity index (χ2v) is 5.12. The van der Waals surface area contributed by atoms with Crippen molar-refractivity contribution in [3.8, 4) is 0 Å². The maximum atomic E-state index is 6.23. The summed E-state index contributed by atoms with van der Waals surface area (Å²) in [5.74, 6) is 0.565. The number of hydrogen-bond acceptors (Lipinski definition) is 2. The smallest absolute Gasteiger partial charge is 0.0306 e. The van der Waals surface area contributed by atoms with Crippen LogP contribution in [0.2, 0.25) is 0 Å².